The van der Waals surface area contributed by atoms with Crippen LogP contribution >= 0.6 is 0 Å². The third-order valence-corrected chi connectivity index (χ3v) is 3.49. The average Bonchev–Trinajstić information content (AvgIpc) is 2.37. The van der Waals surface area contributed by atoms with E-state index >= 15 is 0 Å². The minimum Gasteiger partial charge on any atom is -0.388 e. The van der Waals surface area contributed by atoms with Crippen molar-refractivity contribution >= 4 is 11.6 Å². The Morgan fingerprint density at radius 1 is 1.47 bits per heavy atom. The van der Waals surface area contributed by atoms with Gasteiger partial charge in [-0.15, -0.1) is 0 Å². The normalized spacial score (nSPS) is 23.5. The number of rotatable bonds is 4. The molecule has 1 aliphatic rings. The van der Waals surface area contributed by atoms with Gasteiger partial charge in [0, 0.05) is 32.6 Å². The van der Waals surface area contributed by atoms with Crippen LogP contribution in [0.3, 0.4) is 0 Å². The Morgan fingerprint density at radius 3 is 2.89 bits per heavy atom. The van der Waals surface area contributed by atoms with Gasteiger partial charge >= 0.3 is 0 Å². The smallest absolute Gasteiger partial charge is 0.134 e. The van der Waals surface area contributed by atoms with E-state index in [4.69, 9.17) is 0 Å². The fraction of sp³-hybridized carbons (Fsp3) is 0.714. The van der Waals surface area contributed by atoms with Gasteiger partial charge in [0.2, 0.25) is 0 Å². The number of hydrogen-bond acceptors (Lipinski definition) is 5. The van der Waals surface area contributed by atoms with Crippen LogP contribution in [0.25, 0.3) is 0 Å². The van der Waals surface area contributed by atoms with Crippen molar-refractivity contribution in [1.29, 1.82) is 0 Å². The fourth-order valence-electron chi connectivity index (χ4n) is 2.52. The van der Waals surface area contributed by atoms with Crippen molar-refractivity contribution in [1.82, 2.24) is 9.97 Å². The molecule has 1 atom stereocenters. The van der Waals surface area contributed by atoms with Crippen LogP contribution in [0.15, 0.2) is 6.07 Å². The Bertz CT molecular complexity index is 433. The Kier molecular flexibility index (Phi) is 4.24. The van der Waals surface area contributed by atoms with Crippen LogP contribution < -0.4 is 10.2 Å². The van der Waals surface area contributed by atoms with Crippen LogP contribution in [0.2, 0.25) is 0 Å². The molecule has 0 spiro atoms. The molecule has 1 unspecified atom stereocenters. The van der Waals surface area contributed by atoms with Crippen LogP contribution in [0.5, 0.6) is 0 Å². The summed E-state index contributed by atoms with van der Waals surface area (Å²) in [5.74, 6) is 2.64. The summed E-state index contributed by atoms with van der Waals surface area (Å²) >= 11 is 0. The molecule has 1 aromatic heterocycles. The molecule has 1 saturated heterocycles. The summed E-state index contributed by atoms with van der Waals surface area (Å²) in [6.45, 7) is 5.60. The van der Waals surface area contributed by atoms with Crippen molar-refractivity contribution in [2.75, 3.05) is 30.4 Å². The van der Waals surface area contributed by atoms with Gasteiger partial charge in [0.15, 0.2) is 0 Å². The number of nitrogens with one attached hydrogen (secondary N) is 1. The molecule has 0 radical (unpaired) electrons. The first-order valence-electron chi connectivity index (χ1n) is 7.07. The Labute approximate surface area is 115 Å². The molecule has 1 fully saturated rings. The minimum absolute atomic E-state index is 0.617. The quantitative estimate of drug-likeness (QED) is 0.868. The van der Waals surface area contributed by atoms with Gasteiger partial charge in [-0.3, -0.25) is 0 Å². The van der Waals surface area contributed by atoms with E-state index in [2.05, 4.69) is 27.1 Å². The second-order valence-electron chi connectivity index (χ2n) is 5.55. The van der Waals surface area contributed by atoms with Crippen LogP contribution in [0.1, 0.15) is 38.9 Å². The lowest BCUT2D eigenvalue weighted by molar-refractivity contribution is 0.0447. The lowest BCUT2D eigenvalue weighted by Crippen LogP contribution is -2.46. The lowest BCUT2D eigenvalue weighted by Gasteiger charge is -2.37. The first-order valence-corrected chi connectivity index (χ1v) is 7.07. The molecule has 0 aromatic carbocycles. The molecule has 0 saturated carbocycles. The third-order valence-electron chi connectivity index (χ3n) is 3.49. The minimum atomic E-state index is -0.617. The Hall–Kier alpha value is -1.36. The van der Waals surface area contributed by atoms with Crippen LogP contribution in [0.4, 0.5) is 11.6 Å². The number of aryl methyl sites for hydroxylation is 1. The van der Waals surface area contributed by atoms with Gasteiger partial charge in [0.25, 0.3) is 0 Å². The molecular formula is C14H24N4O. The number of β-amino-alcohol motifs (C(OH)–C–C–N with tert-alkyl or cyclic N) is 1. The van der Waals surface area contributed by atoms with Crippen molar-refractivity contribution in [3.05, 3.63) is 11.9 Å². The molecule has 1 aliphatic heterocycles. The van der Waals surface area contributed by atoms with E-state index in [1.54, 1.807) is 0 Å². The summed E-state index contributed by atoms with van der Waals surface area (Å²) in [6.07, 6.45) is 3.77. The highest BCUT2D eigenvalue weighted by atomic mass is 16.3. The third kappa shape index (κ3) is 3.56. The molecule has 1 aromatic rings. The molecule has 5 nitrogen and oxygen atoms in total. The maximum absolute atomic E-state index is 10.2. The predicted molar refractivity (Wildman–Crippen MR) is 77.6 cm³/mol. The molecule has 0 amide bonds. The number of hydrogen-bond donors (Lipinski definition) is 2. The second-order valence-corrected chi connectivity index (χ2v) is 5.55. The zero-order chi connectivity index (χ0) is 13.9. The Balaban J connectivity index is 2.25. The number of aromatic nitrogens is 2. The number of aliphatic hydroxyl groups is 1. The first-order chi connectivity index (χ1) is 9.04. The van der Waals surface area contributed by atoms with E-state index in [1.165, 1.54) is 0 Å². The van der Waals surface area contributed by atoms with E-state index in [-0.39, 0.29) is 0 Å². The molecule has 19 heavy (non-hydrogen) atoms. The van der Waals surface area contributed by atoms with Crippen LogP contribution in [-0.2, 0) is 6.42 Å². The van der Waals surface area contributed by atoms with Gasteiger partial charge in [-0.2, -0.15) is 0 Å². The fourth-order valence-corrected chi connectivity index (χ4v) is 2.52. The van der Waals surface area contributed by atoms with E-state index in [0.717, 1.165) is 49.7 Å². The standard InChI is InChI=1S/C14H24N4O/c1-4-6-11-16-12(15-3)9-13(17-11)18-8-5-7-14(2,19)10-18/h9,19H,4-8,10H2,1-3H3,(H,15,16,17). The summed E-state index contributed by atoms with van der Waals surface area (Å²) in [4.78, 5) is 11.2. The van der Waals surface area contributed by atoms with E-state index in [9.17, 15) is 5.11 Å². The Morgan fingerprint density at radius 2 is 2.26 bits per heavy atom. The average molecular weight is 264 g/mol. The van der Waals surface area contributed by atoms with Gasteiger partial charge in [-0.1, -0.05) is 6.92 Å². The summed E-state index contributed by atoms with van der Waals surface area (Å²) in [7, 11) is 1.87. The molecule has 5 heteroatoms. The van der Waals surface area contributed by atoms with Gasteiger partial charge < -0.3 is 15.3 Å². The van der Waals surface area contributed by atoms with Crippen molar-refractivity contribution in [3.63, 3.8) is 0 Å². The number of piperidine rings is 1. The molecule has 0 bridgehead atoms. The van der Waals surface area contributed by atoms with Crippen LogP contribution in [-0.4, -0.2) is 40.8 Å². The van der Waals surface area contributed by atoms with Crippen molar-refractivity contribution in [3.8, 4) is 0 Å². The molecule has 106 valence electrons. The van der Waals surface area contributed by atoms with E-state index < -0.39 is 5.60 Å². The van der Waals surface area contributed by atoms with Crippen molar-refractivity contribution < 1.29 is 5.11 Å². The lowest BCUT2D eigenvalue weighted by atomic mass is 9.95. The molecule has 2 rings (SSSR count). The van der Waals surface area contributed by atoms with Gasteiger partial charge in [-0.25, -0.2) is 9.97 Å². The van der Waals surface area contributed by atoms with E-state index in [0.29, 0.717) is 6.54 Å². The highest BCUT2D eigenvalue weighted by Gasteiger charge is 2.29. The highest BCUT2D eigenvalue weighted by molar-refractivity contribution is 5.49. The second kappa shape index (κ2) is 5.74. The largest absolute Gasteiger partial charge is 0.388 e. The summed E-state index contributed by atoms with van der Waals surface area (Å²) < 4.78 is 0. The van der Waals surface area contributed by atoms with Gasteiger partial charge in [-0.05, 0) is 26.2 Å². The molecular weight excluding hydrogens is 240 g/mol. The zero-order valence-corrected chi connectivity index (χ0v) is 12.1. The zero-order valence-electron chi connectivity index (χ0n) is 12.1. The first kappa shape index (κ1) is 14.1. The van der Waals surface area contributed by atoms with Crippen molar-refractivity contribution in [2.45, 2.75) is 45.1 Å². The summed E-state index contributed by atoms with van der Waals surface area (Å²) in [5, 5.41) is 13.3. The summed E-state index contributed by atoms with van der Waals surface area (Å²) in [5.41, 5.74) is -0.617. The topological polar surface area (TPSA) is 61.3 Å². The monoisotopic (exact) mass is 264 g/mol. The molecule has 2 N–H and O–H groups in total. The summed E-state index contributed by atoms with van der Waals surface area (Å²) in [6, 6.07) is 1.96. The highest BCUT2D eigenvalue weighted by Crippen LogP contribution is 2.25. The molecule has 0 aliphatic carbocycles. The van der Waals surface area contributed by atoms with Gasteiger partial charge in [0.05, 0.1) is 5.60 Å². The van der Waals surface area contributed by atoms with Gasteiger partial charge in [0.1, 0.15) is 17.5 Å². The maximum atomic E-state index is 10.2. The predicted octanol–water partition coefficient (Wildman–Crippen LogP) is 1.82. The number of anilines is 2. The van der Waals surface area contributed by atoms with E-state index in [1.807, 2.05) is 20.0 Å². The molecule has 2 heterocycles. The van der Waals surface area contributed by atoms with Crippen LogP contribution in [0, 0.1) is 0 Å². The SMILES string of the molecule is CCCc1nc(NC)cc(N2CCCC(C)(O)C2)n1. The maximum Gasteiger partial charge on any atom is 0.134 e. The number of nitrogens with zero attached hydrogens (tertiary/aromatic N) is 3. The van der Waals surface area contributed by atoms with Crippen molar-refractivity contribution in [2.24, 2.45) is 0 Å².